The first-order valence-electron chi connectivity index (χ1n) is 4.21. The Morgan fingerprint density at radius 1 is 1.42 bits per heavy atom. The van der Waals surface area contributed by atoms with Crippen molar-refractivity contribution in [2.24, 2.45) is 0 Å². The van der Waals surface area contributed by atoms with Crippen LogP contribution in [0.15, 0.2) is 12.2 Å². The lowest BCUT2D eigenvalue weighted by Crippen LogP contribution is -2.34. The number of nitrogens with one attached hydrogen (secondary N) is 2. The molecule has 0 aromatic carbocycles. The van der Waals surface area contributed by atoms with E-state index in [1.165, 1.54) is 0 Å². The average Bonchev–Trinajstić information content (AvgIpc) is 1.97. The zero-order valence-electron chi connectivity index (χ0n) is 8.11. The number of amides is 1. The average molecular weight is 170 g/mol. The molecule has 3 nitrogen and oxygen atoms in total. The third-order valence-corrected chi connectivity index (χ3v) is 1.35. The van der Waals surface area contributed by atoms with Crippen LogP contribution in [0.2, 0.25) is 0 Å². The Balaban J connectivity index is 3.32. The minimum absolute atomic E-state index is 0.0689. The van der Waals surface area contributed by atoms with E-state index >= 15 is 0 Å². The highest BCUT2D eigenvalue weighted by atomic mass is 16.1. The molecule has 0 radical (unpaired) electrons. The maximum atomic E-state index is 10.9. The Morgan fingerprint density at radius 3 is 2.42 bits per heavy atom. The van der Waals surface area contributed by atoms with Crippen molar-refractivity contribution in [1.29, 1.82) is 0 Å². The van der Waals surface area contributed by atoms with E-state index in [-0.39, 0.29) is 5.91 Å². The van der Waals surface area contributed by atoms with Gasteiger partial charge in [-0.15, -0.1) is 0 Å². The van der Waals surface area contributed by atoms with Gasteiger partial charge in [0.05, 0.1) is 0 Å². The molecule has 0 rings (SSSR count). The lowest BCUT2D eigenvalue weighted by atomic mass is 10.3. The van der Waals surface area contributed by atoms with E-state index in [9.17, 15) is 4.79 Å². The summed E-state index contributed by atoms with van der Waals surface area (Å²) in [5.41, 5.74) is 0.555. The molecule has 0 aliphatic rings. The second-order valence-corrected chi connectivity index (χ2v) is 3.15. The van der Waals surface area contributed by atoms with Gasteiger partial charge in [0.25, 0.3) is 0 Å². The molecule has 0 aromatic heterocycles. The molecule has 0 aromatic rings. The fraction of sp³-hybridized carbons (Fsp3) is 0.667. The highest BCUT2D eigenvalue weighted by Gasteiger charge is 1.99. The highest BCUT2D eigenvalue weighted by molar-refractivity contribution is 5.92. The number of carbonyl (C=O) groups is 1. The summed E-state index contributed by atoms with van der Waals surface area (Å²) >= 11 is 0. The first kappa shape index (κ1) is 11.2. The summed E-state index contributed by atoms with van der Waals surface area (Å²) in [6.07, 6.45) is 0. The molecule has 0 aliphatic heterocycles. The fourth-order valence-corrected chi connectivity index (χ4v) is 0.688. The van der Waals surface area contributed by atoms with Crippen LogP contribution in [0.4, 0.5) is 0 Å². The second kappa shape index (κ2) is 5.77. The molecule has 2 N–H and O–H groups in total. The molecule has 0 bridgehead atoms. The molecule has 0 unspecified atom stereocenters. The van der Waals surface area contributed by atoms with Gasteiger partial charge >= 0.3 is 0 Å². The minimum Gasteiger partial charge on any atom is -0.351 e. The number of carbonyl (C=O) groups excluding carboxylic acids is 1. The molecular weight excluding hydrogens is 152 g/mol. The summed E-state index contributed by atoms with van der Waals surface area (Å²) in [6, 6.07) is 0.465. The van der Waals surface area contributed by atoms with Crippen molar-refractivity contribution in [1.82, 2.24) is 10.6 Å². The Kier molecular flexibility index (Phi) is 5.37. The lowest BCUT2D eigenvalue weighted by Gasteiger charge is -2.08. The molecular formula is C9H18N2O. The van der Waals surface area contributed by atoms with Gasteiger partial charge in [-0.3, -0.25) is 4.79 Å². The first-order valence-corrected chi connectivity index (χ1v) is 4.21. The predicted octanol–water partition coefficient (Wildman–Crippen LogP) is 0.677. The Labute approximate surface area is 74.2 Å². The van der Waals surface area contributed by atoms with Crippen molar-refractivity contribution in [3.63, 3.8) is 0 Å². The van der Waals surface area contributed by atoms with E-state index in [1.807, 2.05) is 0 Å². The van der Waals surface area contributed by atoms with Gasteiger partial charge in [-0.05, 0) is 6.92 Å². The van der Waals surface area contributed by atoms with Crippen LogP contribution in [0, 0.1) is 0 Å². The van der Waals surface area contributed by atoms with Crippen LogP contribution in [0.3, 0.4) is 0 Å². The van der Waals surface area contributed by atoms with Crippen molar-refractivity contribution in [2.75, 3.05) is 13.1 Å². The number of rotatable bonds is 5. The van der Waals surface area contributed by atoms with Gasteiger partial charge in [-0.1, -0.05) is 20.4 Å². The molecule has 0 fully saturated rings. The molecule has 0 saturated heterocycles. The van der Waals surface area contributed by atoms with Crippen molar-refractivity contribution in [2.45, 2.75) is 26.8 Å². The lowest BCUT2D eigenvalue weighted by molar-refractivity contribution is -0.117. The molecule has 1 amide bonds. The first-order chi connectivity index (χ1) is 5.54. The highest BCUT2D eigenvalue weighted by Crippen LogP contribution is 1.83. The molecule has 12 heavy (non-hydrogen) atoms. The van der Waals surface area contributed by atoms with Crippen molar-refractivity contribution < 1.29 is 4.79 Å². The van der Waals surface area contributed by atoms with Crippen LogP contribution in [0.1, 0.15) is 20.8 Å². The molecule has 0 heterocycles. The van der Waals surface area contributed by atoms with Gasteiger partial charge in [0, 0.05) is 24.7 Å². The fourth-order valence-electron chi connectivity index (χ4n) is 0.688. The summed E-state index contributed by atoms with van der Waals surface area (Å²) in [7, 11) is 0. The van der Waals surface area contributed by atoms with Gasteiger partial charge in [0.15, 0.2) is 0 Å². The Bertz CT molecular complexity index is 164. The van der Waals surface area contributed by atoms with Crippen LogP contribution in [0.25, 0.3) is 0 Å². The van der Waals surface area contributed by atoms with Crippen molar-refractivity contribution >= 4 is 5.91 Å². The van der Waals surface area contributed by atoms with Gasteiger partial charge < -0.3 is 10.6 Å². The summed E-state index contributed by atoms with van der Waals surface area (Å²) in [6.45, 7) is 10.8. The molecule has 70 valence electrons. The topological polar surface area (TPSA) is 41.1 Å². The molecule has 0 atom stereocenters. The summed E-state index contributed by atoms with van der Waals surface area (Å²) in [4.78, 5) is 10.9. The number of hydrogen-bond acceptors (Lipinski definition) is 2. The van der Waals surface area contributed by atoms with Crippen LogP contribution < -0.4 is 10.6 Å². The van der Waals surface area contributed by atoms with E-state index in [0.29, 0.717) is 18.2 Å². The van der Waals surface area contributed by atoms with Crippen LogP contribution in [0.5, 0.6) is 0 Å². The van der Waals surface area contributed by atoms with Crippen LogP contribution in [-0.4, -0.2) is 25.0 Å². The Morgan fingerprint density at radius 2 is 2.00 bits per heavy atom. The zero-order chi connectivity index (χ0) is 9.56. The monoisotopic (exact) mass is 170 g/mol. The molecule has 0 saturated carbocycles. The molecule has 0 spiro atoms. The van der Waals surface area contributed by atoms with E-state index in [1.54, 1.807) is 6.92 Å². The van der Waals surface area contributed by atoms with Gasteiger partial charge in [-0.25, -0.2) is 0 Å². The van der Waals surface area contributed by atoms with Gasteiger partial charge in [0.1, 0.15) is 0 Å². The van der Waals surface area contributed by atoms with E-state index < -0.39 is 0 Å². The molecule has 3 heteroatoms. The number of hydrogen-bond donors (Lipinski definition) is 2. The minimum atomic E-state index is -0.0689. The second-order valence-electron chi connectivity index (χ2n) is 3.15. The standard InChI is InChI=1S/C9H18N2O/c1-7(2)9(12)11-6-5-10-8(3)4/h8,10H,1,5-6H2,2-4H3,(H,11,12). The summed E-state index contributed by atoms with van der Waals surface area (Å²) in [5.74, 6) is -0.0689. The summed E-state index contributed by atoms with van der Waals surface area (Å²) < 4.78 is 0. The maximum absolute atomic E-state index is 10.9. The van der Waals surface area contributed by atoms with Gasteiger partial charge in [0.2, 0.25) is 5.91 Å². The maximum Gasteiger partial charge on any atom is 0.246 e. The third-order valence-electron chi connectivity index (χ3n) is 1.35. The van der Waals surface area contributed by atoms with Crippen molar-refractivity contribution in [3.8, 4) is 0 Å². The van der Waals surface area contributed by atoms with E-state index in [0.717, 1.165) is 6.54 Å². The van der Waals surface area contributed by atoms with Crippen molar-refractivity contribution in [3.05, 3.63) is 12.2 Å². The predicted molar refractivity (Wildman–Crippen MR) is 51.0 cm³/mol. The van der Waals surface area contributed by atoms with Crippen LogP contribution in [-0.2, 0) is 4.79 Å². The largest absolute Gasteiger partial charge is 0.351 e. The third kappa shape index (κ3) is 5.92. The zero-order valence-corrected chi connectivity index (χ0v) is 8.11. The van der Waals surface area contributed by atoms with E-state index in [2.05, 4.69) is 31.1 Å². The SMILES string of the molecule is C=C(C)C(=O)NCCNC(C)C. The van der Waals surface area contributed by atoms with Crippen LogP contribution >= 0.6 is 0 Å². The Hall–Kier alpha value is -0.830. The van der Waals surface area contributed by atoms with E-state index in [4.69, 9.17) is 0 Å². The molecule has 0 aliphatic carbocycles. The quantitative estimate of drug-likeness (QED) is 0.470. The van der Waals surface area contributed by atoms with Gasteiger partial charge in [-0.2, -0.15) is 0 Å². The summed E-state index contributed by atoms with van der Waals surface area (Å²) in [5, 5.41) is 5.93. The normalized spacial score (nSPS) is 10.0. The smallest absolute Gasteiger partial charge is 0.246 e.